The summed E-state index contributed by atoms with van der Waals surface area (Å²) in [5.74, 6) is 0.513. The van der Waals surface area contributed by atoms with Gasteiger partial charge in [-0.25, -0.2) is 0 Å². The highest BCUT2D eigenvalue weighted by molar-refractivity contribution is 5.93. The van der Waals surface area contributed by atoms with E-state index in [4.69, 9.17) is 4.74 Å². The van der Waals surface area contributed by atoms with Crippen molar-refractivity contribution in [2.45, 2.75) is 20.3 Å². The third kappa shape index (κ3) is 5.76. The molecule has 24 heavy (non-hydrogen) atoms. The molecule has 2 aromatic rings. The van der Waals surface area contributed by atoms with Crippen LogP contribution in [-0.2, 0) is 9.59 Å². The van der Waals surface area contributed by atoms with Crippen molar-refractivity contribution in [3.63, 3.8) is 0 Å². The van der Waals surface area contributed by atoms with Crippen molar-refractivity contribution < 1.29 is 14.3 Å². The molecule has 0 aliphatic heterocycles. The van der Waals surface area contributed by atoms with Gasteiger partial charge in [-0.15, -0.1) is 0 Å². The molecule has 0 spiro atoms. The Morgan fingerprint density at radius 2 is 1.50 bits per heavy atom. The summed E-state index contributed by atoms with van der Waals surface area (Å²) in [4.78, 5) is 23.5. The van der Waals surface area contributed by atoms with Gasteiger partial charge in [0.15, 0.2) is 0 Å². The lowest BCUT2D eigenvalue weighted by atomic mass is 10.2. The number of benzene rings is 2. The fraction of sp³-hybridized carbons (Fsp3) is 0.263. The standard InChI is InChI=1S/C19H22N2O3/c1-14(2)19(23)21-16-10-8-15(9-11-16)20-18(22)12-13-24-17-6-4-3-5-7-17/h3-11,14H,12-13H2,1-2H3,(H,20,22)(H,21,23). The summed E-state index contributed by atoms with van der Waals surface area (Å²) in [6.07, 6.45) is 0.265. The second-order valence-corrected chi connectivity index (χ2v) is 5.68. The number of carbonyl (C=O) groups excluding carboxylic acids is 2. The molecule has 2 N–H and O–H groups in total. The smallest absolute Gasteiger partial charge is 0.227 e. The molecule has 0 heterocycles. The van der Waals surface area contributed by atoms with E-state index in [1.165, 1.54) is 0 Å². The molecule has 0 aliphatic rings. The molecule has 0 unspecified atom stereocenters. The Morgan fingerprint density at radius 1 is 0.917 bits per heavy atom. The van der Waals surface area contributed by atoms with Crippen molar-refractivity contribution in [2.24, 2.45) is 5.92 Å². The van der Waals surface area contributed by atoms with Crippen LogP contribution in [0.4, 0.5) is 11.4 Å². The molecule has 0 radical (unpaired) electrons. The minimum absolute atomic E-state index is 0.0372. The normalized spacial score (nSPS) is 10.3. The van der Waals surface area contributed by atoms with Crippen LogP contribution in [0.15, 0.2) is 54.6 Å². The molecule has 5 nitrogen and oxygen atoms in total. The van der Waals surface area contributed by atoms with Crippen LogP contribution in [0.2, 0.25) is 0 Å². The van der Waals surface area contributed by atoms with Crippen LogP contribution < -0.4 is 15.4 Å². The van der Waals surface area contributed by atoms with E-state index in [2.05, 4.69) is 10.6 Å². The molecule has 126 valence electrons. The minimum Gasteiger partial charge on any atom is -0.493 e. The predicted octanol–water partition coefficient (Wildman–Crippen LogP) is 3.69. The molecular weight excluding hydrogens is 304 g/mol. The SMILES string of the molecule is CC(C)C(=O)Nc1ccc(NC(=O)CCOc2ccccc2)cc1. The van der Waals surface area contributed by atoms with Gasteiger partial charge in [0.1, 0.15) is 5.75 Å². The van der Waals surface area contributed by atoms with Gasteiger partial charge < -0.3 is 15.4 Å². The van der Waals surface area contributed by atoms with Crippen LogP contribution in [0.1, 0.15) is 20.3 Å². The van der Waals surface area contributed by atoms with Crippen LogP contribution in [0.5, 0.6) is 5.75 Å². The fourth-order valence-electron chi connectivity index (χ4n) is 1.93. The molecule has 2 aromatic carbocycles. The van der Waals surface area contributed by atoms with Crippen molar-refractivity contribution in [3.8, 4) is 5.75 Å². The molecule has 0 saturated heterocycles. The number of para-hydroxylation sites is 1. The summed E-state index contributed by atoms with van der Waals surface area (Å²) >= 11 is 0. The second kappa shape index (κ2) is 8.72. The summed E-state index contributed by atoms with van der Waals surface area (Å²) in [6, 6.07) is 16.4. The zero-order chi connectivity index (χ0) is 17.4. The zero-order valence-corrected chi connectivity index (χ0v) is 13.9. The summed E-state index contributed by atoms with van der Waals surface area (Å²) in [7, 11) is 0. The second-order valence-electron chi connectivity index (χ2n) is 5.68. The number of anilines is 2. The quantitative estimate of drug-likeness (QED) is 0.815. The van der Waals surface area contributed by atoms with E-state index in [-0.39, 0.29) is 24.2 Å². The molecule has 0 aliphatic carbocycles. The molecule has 0 aromatic heterocycles. The number of nitrogens with one attached hydrogen (secondary N) is 2. The largest absolute Gasteiger partial charge is 0.493 e. The van der Waals surface area contributed by atoms with Crippen molar-refractivity contribution in [1.29, 1.82) is 0 Å². The van der Waals surface area contributed by atoms with Gasteiger partial charge in [0.05, 0.1) is 13.0 Å². The summed E-state index contributed by atoms with van der Waals surface area (Å²) in [6.45, 7) is 3.99. The first kappa shape index (κ1) is 17.5. The van der Waals surface area contributed by atoms with Gasteiger partial charge in [0.2, 0.25) is 11.8 Å². The van der Waals surface area contributed by atoms with E-state index in [0.717, 1.165) is 5.75 Å². The Bertz CT molecular complexity index is 667. The third-order valence-corrected chi connectivity index (χ3v) is 3.30. The Hall–Kier alpha value is -2.82. The van der Waals surface area contributed by atoms with Crippen molar-refractivity contribution in [1.82, 2.24) is 0 Å². The minimum atomic E-state index is -0.120. The highest BCUT2D eigenvalue weighted by Gasteiger charge is 2.07. The number of carbonyl (C=O) groups is 2. The monoisotopic (exact) mass is 326 g/mol. The van der Waals surface area contributed by atoms with E-state index >= 15 is 0 Å². The van der Waals surface area contributed by atoms with Crippen LogP contribution in [-0.4, -0.2) is 18.4 Å². The lowest BCUT2D eigenvalue weighted by Crippen LogP contribution is -2.18. The Balaban J connectivity index is 1.76. The Kier molecular flexibility index (Phi) is 6.37. The maximum absolute atomic E-state index is 11.9. The van der Waals surface area contributed by atoms with E-state index in [0.29, 0.717) is 18.0 Å². The topological polar surface area (TPSA) is 67.4 Å². The van der Waals surface area contributed by atoms with E-state index in [1.54, 1.807) is 24.3 Å². The number of ether oxygens (including phenoxy) is 1. The van der Waals surface area contributed by atoms with Gasteiger partial charge in [-0.3, -0.25) is 9.59 Å². The lowest BCUT2D eigenvalue weighted by molar-refractivity contribution is -0.119. The number of hydrogen-bond donors (Lipinski definition) is 2. The zero-order valence-electron chi connectivity index (χ0n) is 13.9. The lowest BCUT2D eigenvalue weighted by Gasteiger charge is -2.10. The van der Waals surface area contributed by atoms with Gasteiger partial charge in [-0.2, -0.15) is 0 Å². The van der Waals surface area contributed by atoms with Crippen LogP contribution in [0, 0.1) is 5.92 Å². The van der Waals surface area contributed by atoms with Crippen LogP contribution in [0.3, 0.4) is 0 Å². The summed E-state index contributed by atoms with van der Waals surface area (Å²) < 4.78 is 5.49. The van der Waals surface area contributed by atoms with E-state index in [9.17, 15) is 9.59 Å². The number of amides is 2. The first-order valence-corrected chi connectivity index (χ1v) is 7.93. The van der Waals surface area contributed by atoms with Gasteiger partial charge in [0.25, 0.3) is 0 Å². The molecule has 0 atom stereocenters. The average molecular weight is 326 g/mol. The van der Waals surface area contributed by atoms with Gasteiger partial charge in [0, 0.05) is 17.3 Å². The average Bonchev–Trinajstić information content (AvgIpc) is 2.57. The molecule has 0 saturated carbocycles. The molecule has 2 amide bonds. The van der Waals surface area contributed by atoms with Crippen LogP contribution >= 0.6 is 0 Å². The van der Waals surface area contributed by atoms with E-state index in [1.807, 2.05) is 44.2 Å². The molecule has 0 fully saturated rings. The molecule has 0 bridgehead atoms. The number of rotatable bonds is 7. The third-order valence-electron chi connectivity index (χ3n) is 3.30. The highest BCUT2D eigenvalue weighted by Crippen LogP contribution is 2.15. The van der Waals surface area contributed by atoms with Crippen molar-refractivity contribution in [3.05, 3.63) is 54.6 Å². The van der Waals surface area contributed by atoms with Crippen molar-refractivity contribution >= 4 is 23.2 Å². The summed E-state index contributed by atoms with van der Waals surface area (Å²) in [5.41, 5.74) is 1.39. The maximum atomic E-state index is 11.9. The van der Waals surface area contributed by atoms with Gasteiger partial charge in [-0.05, 0) is 36.4 Å². The Morgan fingerprint density at radius 3 is 2.08 bits per heavy atom. The first-order valence-electron chi connectivity index (χ1n) is 7.93. The molecule has 2 rings (SSSR count). The molecular formula is C19H22N2O3. The first-order chi connectivity index (χ1) is 11.5. The van der Waals surface area contributed by atoms with Gasteiger partial charge in [-0.1, -0.05) is 32.0 Å². The maximum Gasteiger partial charge on any atom is 0.227 e. The predicted molar refractivity (Wildman–Crippen MR) is 95.1 cm³/mol. The highest BCUT2D eigenvalue weighted by atomic mass is 16.5. The molecule has 5 heteroatoms. The fourth-order valence-corrected chi connectivity index (χ4v) is 1.93. The summed E-state index contributed by atoms with van der Waals surface area (Å²) in [5, 5.41) is 5.60. The van der Waals surface area contributed by atoms with Gasteiger partial charge >= 0.3 is 0 Å². The van der Waals surface area contributed by atoms with Crippen LogP contribution in [0.25, 0.3) is 0 Å². The number of hydrogen-bond acceptors (Lipinski definition) is 3. The van der Waals surface area contributed by atoms with E-state index < -0.39 is 0 Å². The Labute approximate surface area is 142 Å². The van der Waals surface area contributed by atoms with Crippen molar-refractivity contribution in [2.75, 3.05) is 17.2 Å².